The lowest BCUT2D eigenvalue weighted by molar-refractivity contribution is -0.140. The molecular weight excluding hydrogens is 244 g/mol. The molecule has 0 aromatic heterocycles. The van der Waals surface area contributed by atoms with Crippen LogP contribution in [0.3, 0.4) is 0 Å². The third kappa shape index (κ3) is 6.24. The van der Waals surface area contributed by atoms with Gasteiger partial charge < -0.3 is 4.74 Å². The van der Waals surface area contributed by atoms with Crippen LogP contribution < -0.4 is 0 Å². The first-order valence-corrected chi connectivity index (χ1v) is 7.00. The van der Waals surface area contributed by atoms with Crippen LogP contribution in [0.15, 0.2) is 0 Å². The third-order valence-electron chi connectivity index (χ3n) is 2.12. The molecule has 98 valence electrons. The van der Waals surface area contributed by atoms with Gasteiger partial charge in [-0.1, -0.05) is 6.92 Å². The fourth-order valence-electron chi connectivity index (χ4n) is 1.27. The van der Waals surface area contributed by atoms with E-state index in [1.54, 1.807) is 0 Å². The maximum Gasteiger partial charge on any atom is 0.305 e. The van der Waals surface area contributed by atoms with E-state index in [9.17, 15) is 13.2 Å². The fourth-order valence-corrected chi connectivity index (χ4v) is 2.76. The number of carbonyl (C=O) groups excluding carboxylic acids is 1. The summed E-state index contributed by atoms with van der Waals surface area (Å²) < 4.78 is 29.2. The lowest BCUT2D eigenvalue weighted by Crippen LogP contribution is -2.34. The number of carbonyl (C=O) groups is 1. The van der Waals surface area contributed by atoms with Gasteiger partial charge in [-0.15, -0.1) is 0 Å². The minimum absolute atomic E-state index is 0.0717. The van der Waals surface area contributed by atoms with E-state index in [4.69, 9.17) is 5.26 Å². The molecule has 0 atom stereocenters. The Kier molecular flexibility index (Phi) is 7.50. The second-order valence-electron chi connectivity index (χ2n) is 3.49. The van der Waals surface area contributed by atoms with Gasteiger partial charge in [0.2, 0.25) is 10.0 Å². The van der Waals surface area contributed by atoms with E-state index >= 15 is 0 Å². The second-order valence-corrected chi connectivity index (χ2v) is 5.58. The summed E-state index contributed by atoms with van der Waals surface area (Å²) in [5.41, 5.74) is 0. The van der Waals surface area contributed by atoms with Crippen LogP contribution in [0.5, 0.6) is 0 Å². The minimum Gasteiger partial charge on any atom is -0.469 e. The quantitative estimate of drug-likeness (QED) is 0.469. The molecule has 0 amide bonds. The van der Waals surface area contributed by atoms with Crippen molar-refractivity contribution < 1.29 is 17.9 Å². The summed E-state index contributed by atoms with van der Waals surface area (Å²) in [6, 6.07) is 1.82. The van der Waals surface area contributed by atoms with Gasteiger partial charge in [0, 0.05) is 13.0 Å². The Labute approximate surface area is 102 Å². The number of esters is 1. The molecule has 0 aromatic rings. The van der Waals surface area contributed by atoms with Crippen LogP contribution in [0.25, 0.3) is 0 Å². The molecule has 0 aliphatic carbocycles. The van der Waals surface area contributed by atoms with Crippen LogP contribution >= 0.6 is 0 Å². The van der Waals surface area contributed by atoms with E-state index in [0.717, 1.165) is 4.31 Å². The molecule has 6 nitrogen and oxygen atoms in total. The highest BCUT2D eigenvalue weighted by Gasteiger charge is 2.20. The molecule has 0 rings (SSSR count). The maximum absolute atomic E-state index is 11.8. The van der Waals surface area contributed by atoms with Gasteiger partial charge in [0.1, 0.15) is 6.54 Å². The lowest BCUT2D eigenvalue weighted by atomic mass is 10.3. The van der Waals surface area contributed by atoms with Crippen molar-refractivity contribution in [3.8, 4) is 6.07 Å². The molecule has 0 fully saturated rings. The average Bonchev–Trinajstić information content (AvgIpc) is 2.28. The highest BCUT2D eigenvalue weighted by atomic mass is 32.2. The van der Waals surface area contributed by atoms with Crippen molar-refractivity contribution in [2.24, 2.45) is 0 Å². The van der Waals surface area contributed by atoms with Gasteiger partial charge in [-0.3, -0.25) is 4.79 Å². The van der Waals surface area contributed by atoms with E-state index in [1.165, 1.54) is 7.11 Å². The van der Waals surface area contributed by atoms with Crippen LogP contribution in [0.2, 0.25) is 0 Å². The number of nitrogens with zero attached hydrogens (tertiary/aromatic N) is 2. The monoisotopic (exact) mass is 262 g/mol. The Bertz CT molecular complexity index is 372. The number of rotatable bonds is 8. The number of ether oxygens (including phenoxy) is 1. The van der Waals surface area contributed by atoms with Crippen LogP contribution in [-0.2, 0) is 19.6 Å². The van der Waals surface area contributed by atoms with E-state index in [1.807, 2.05) is 13.0 Å². The van der Waals surface area contributed by atoms with Crippen molar-refractivity contribution in [1.29, 1.82) is 5.26 Å². The molecule has 0 unspecified atom stereocenters. The largest absolute Gasteiger partial charge is 0.469 e. The summed E-state index contributed by atoms with van der Waals surface area (Å²) in [4.78, 5) is 10.8. The highest BCUT2D eigenvalue weighted by Crippen LogP contribution is 2.06. The number of methoxy groups -OCH3 is 1. The van der Waals surface area contributed by atoms with Gasteiger partial charge in [-0.05, 0) is 12.8 Å². The summed E-state index contributed by atoms with van der Waals surface area (Å²) in [5, 5.41) is 8.55. The van der Waals surface area contributed by atoms with Crippen LogP contribution in [-0.4, -0.2) is 44.6 Å². The average molecular weight is 262 g/mol. The van der Waals surface area contributed by atoms with E-state index in [0.29, 0.717) is 13.0 Å². The van der Waals surface area contributed by atoms with E-state index in [2.05, 4.69) is 4.74 Å². The predicted molar refractivity (Wildman–Crippen MR) is 62.5 cm³/mol. The lowest BCUT2D eigenvalue weighted by Gasteiger charge is -2.18. The minimum atomic E-state index is -3.45. The first-order chi connectivity index (χ1) is 7.97. The molecule has 0 saturated heterocycles. The van der Waals surface area contributed by atoms with Crippen molar-refractivity contribution in [3.05, 3.63) is 0 Å². The normalized spacial score (nSPS) is 11.2. The Morgan fingerprint density at radius 3 is 2.59 bits per heavy atom. The number of hydrogen-bond donors (Lipinski definition) is 0. The van der Waals surface area contributed by atoms with Crippen molar-refractivity contribution in [2.45, 2.75) is 26.2 Å². The van der Waals surface area contributed by atoms with E-state index in [-0.39, 0.29) is 25.1 Å². The molecule has 0 spiro atoms. The first kappa shape index (κ1) is 15.9. The topological polar surface area (TPSA) is 87.5 Å². The zero-order chi connectivity index (χ0) is 13.3. The molecule has 0 bridgehead atoms. The molecule has 0 radical (unpaired) electrons. The Morgan fingerprint density at radius 1 is 1.47 bits per heavy atom. The molecule has 0 aliphatic rings. The molecule has 0 aromatic carbocycles. The summed E-state index contributed by atoms with van der Waals surface area (Å²) >= 11 is 0. The summed E-state index contributed by atoms with van der Waals surface area (Å²) in [6.45, 7) is 2.02. The molecule has 0 N–H and O–H groups in total. The van der Waals surface area contributed by atoms with E-state index < -0.39 is 16.0 Å². The summed E-state index contributed by atoms with van der Waals surface area (Å²) in [6.07, 6.45) is 0.931. The molecule has 17 heavy (non-hydrogen) atoms. The standard InChI is InChI=1S/C10H18N2O4S/c1-3-7-12(8-6-11)17(14,15)9-4-5-10(13)16-2/h3-5,7-9H2,1-2H3. The molecule has 0 aliphatic heterocycles. The van der Waals surface area contributed by atoms with Gasteiger partial charge in [-0.2, -0.15) is 9.57 Å². The molecule has 7 heteroatoms. The van der Waals surface area contributed by atoms with Gasteiger partial charge in [0.25, 0.3) is 0 Å². The molecule has 0 heterocycles. The highest BCUT2D eigenvalue weighted by molar-refractivity contribution is 7.89. The number of sulfonamides is 1. The first-order valence-electron chi connectivity index (χ1n) is 5.39. The smallest absolute Gasteiger partial charge is 0.305 e. The van der Waals surface area contributed by atoms with Crippen molar-refractivity contribution in [1.82, 2.24) is 4.31 Å². The predicted octanol–water partition coefficient (Wildman–Crippen LogP) is 0.505. The van der Waals surface area contributed by atoms with Gasteiger partial charge >= 0.3 is 5.97 Å². The van der Waals surface area contributed by atoms with Gasteiger partial charge in [0.05, 0.1) is 18.9 Å². The van der Waals surface area contributed by atoms with Gasteiger partial charge in [-0.25, -0.2) is 8.42 Å². The van der Waals surface area contributed by atoms with Crippen molar-refractivity contribution in [3.63, 3.8) is 0 Å². The van der Waals surface area contributed by atoms with Crippen molar-refractivity contribution >= 4 is 16.0 Å². The second kappa shape index (κ2) is 8.03. The Hall–Kier alpha value is -1.13. The fraction of sp³-hybridized carbons (Fsp3) is 0.800. The third-order valence-corrected chi connectivity index (χ3v) is 4.03. The van der Waals surface area contributed by atoms with Crippen LogP contribution in [0.1, 0.15) is 26.2 Å². The molecule has 0 saturated carbocycles. The zero-order valence-electron chi connectivity index (χ0n) is 10.2. The van der Waals surface area contributed by atoms with Crippen LogP contribution in [0, 0.1) is 11.3 Å². The summed E-state index contributed by atoms with van der Waals surface area (Å²) in [5.74, 6) is -0.563. The van der Waals surface area contributed by atoms with Crippen LogP contribution in [0.4, 0.5) is 0 Å². The Morgan fingerprint density at radius 2 is 2.12 bits per heavy atom. The van der Waals surface area contributed by atoms with Crippen molar-refractivity contribution in [2.75, 3.05) is 26.0 Å². The zero-order valence-corrected chi connectivity index (χ0v) is 11.0. The number of nitriles is 1. The number of hydrogen-bond acceptors (Lipinski definition) is 5. The SMILES string of the molecule is CCCN(CC#N)S(=O)(=O)CCCC(=O)OC. The van der Waals surface area contributed by atoms with Gasteiger partial charge in [0.15, 0.2) is 0 Å². The maximum atomic E-state index is 11.8. The molecular formula is C10H18N2O4S. The Balaban J connectivity index is 4.33. The summed E-state index contributed by atoms with van der Waals surface area (Å²) in [7, 11) is -2.19.